The van der Waals surface area contributed by atoms with E-state index in [1.54, 1.807) is 0 Å². The first-order chi connectivity index (χ1) is 9.16. The van der Waals surface area contributed by atoms with Crippen molar-refractivity contribution in [2.24, 2.45) is 11.8 Å². The summed E-state index contributed by atoms with van der Waals surface area (Å²) < 4.78 is 6.03. The molecule has 19 heavy (non-hydrogen) atoms. The molecule has 0 radical (unpaired) electrons. The van der Waals surface area contributed by atoms with Gasteiger partial charge in [0.15, 0.2) is 0 Å². The van der Waals surface area contributed by atoms with Crippen molar-refractivity contribution in [1.29, 1.82) is 0 Å². The third kappa shape index (κ3) is 2.71. The van der Waals surface area contributed by atoms with Crippen molar-refractivity contribution in [3.8, 4) is 0 Å². The first-order valence-corrected chi connectivity index (χ1v) is 8.52. The van der Waals surface area contributed by atoms with Crippen LogP contribution in [-0.4, -0.2) is 22.9 Å². The molecule has 3 rings (SSSR count). The topological polar surface area (TPSA) is 29.5 Å². The number of rotatable bonds is 2. The van der Waals surface area contributed by atoms with Gasteiger partial charge >= 0.3 is 0 Å². The second-order valence-corrected chi connectivity index (χ2v) is 7.38. The molecule has 2 saturated carbocycles. The molecular formula is C17H30O2. The normalized spacial score (nSPS) is 42.6. The van der Waals surface area contributed by atoms with E-state index < -0.39 is 0 Å². The van der Waals surface area contributed by atoms with Gasteiger partial charge in [-0.2, -0.15) is 0 Å². The highest BCUT2D eigenvalue weighted by atomic mass is 16.5. The van der Waals surface area contributed by atoms with Crippen molar-refractivity contribution in [1.82, 2.24) is 0 Å². The third-order valence-corrected chi connectivity index (χ3v) is 6.30. The second kappa shape index (κ2) is 5.37. The molecule has 2 nitrogen and oxygen atoms in total. The second-order valence-electron chi connectivity index (χ2n) is 7.38. The summed E-state index contributed by atoms with van der Waals surface area (Å²) in [7, 11) is 0. The highest BCUT2D eigenvalue weighted by Gasteiger charge is 2.48. The van der Waals surface area contributed by atoms with Crippen molar-refractivity contribution >= 4 is 0 Å². The number of hydrogen-bond acceptors (Lipinski definition) is 2. The first-order valence-electron chi connectivity index (χ1n) is 8.52. The Hall–Kier alpha value is -0.0800. The fraction of sp³-hybridized carbons (Fsp3) is 1.00. The van der Waals surface area contributed by atoms with Crippen molar-refractivity contribution < 1.29 is 9.84 Å². The van der Waals surface area contributed by atoms with Crippen LogP contribution in [0.5, 0.6) is 0 Å². The first kappa shape index (κ1) is 13.9. The van der Waals surface area contributed by atoms with Gasteiger partial charge in [0.1, 0.15) is 0 Å². The molecular weight excluding hydrogens is 236 g/mol. The van der Waals surface area contributed by atoms with E-state index in [0.29, 0.717) is 5.92 Å². The van der Waals surface area contributed by atoms with Gasteiger partial charge in [-0.25, -0.2) is 0 Å². The molecule has 2 heteroatoms. The Morgan fingerprint density at radius 2 is 1.89 bits per heavy atom. The van der Waals surface area contributed by atoms with E-state index in [2.05, 4.69) is 6.92 Å². The Kier molecular flexibility index (Phi) is 3.92. The Balaban J connectivity index is 1.65. The molecule has 3 unspecified atom stereocenters. The van der Waals surface area contributed by atoms with Crippen LogP contribution in [0.25, 0.3) is 0 Å². The van der Waals surface area contributed by atoms with Crippen LogP contribution in [0.2, 0.25) is 0 Å². The summed E-state index contributed by atoms with van der Waals surface area (Å²) in [6.07, 6.45) is 13.1. The summed E-state index contributed by atoms with van der Waals surface area (Å²) in [4.78, 5) is 0. The maximum Gasteiger partial charge on any atom is 0.0686 e. The SMILES string of the molecule is CCC1CCCC(O)(C2CCOC3(CCC3)C2)CC1. The zero-order valence-electron chi connectivity index (χ0n) is 12.5. The molecule has 3 atom stereocenters. The van der Waals surface area contributed by atoms with Crippen LogP contribution >= 0.6 is 0 Å². The van der Waals surface area contributed by atoms with Crippen molar-refractivity contribution in [2.75, 3.05) is 6.61 Å². The van der Waals surface area contributed by atoms with Crippen molar-refractivity contribution in [3.05, 3.63) is 0 Å². The molecule has 1 aliphatic heterocycles. The molecule has 0 aromatic carbocycles. The fourth-order valence-electron chi connectivity index (χ4n) is 4.64. The van der Waals surface area contributed by atoms with Gasteiger partial charge in [0.25, 0.3) is 0 Å². The van der Waals surface area contributed by atoms with Crippen LogP contribution in [0.3, 0.4) is 0 Å². The Morgan fingerprint density at radius 3 is 2.58 bits per heavy atom. The summed E-state index contributed by atoms with van der Waals surface area (Å²) >= 11 is 0. The lowest BCUT2D eigenvalue weighted by Crippen LogP contribution is -2.51. The molecule has 3 fully saturated rings. The van der Waals surface area contributed by atoms with Gasteiger partial charge in [-0.15, -0.1) is 0 Å². The average molecular weight is 266 g/mol. The molecule has 0 aromatic rings. The zero-order chi connectivity index (χ0) is 13.3. The van der Waals surface area contributed by atoms with E-state index in [9.17, 15) is 5.11 Å². The van der Waals surface area contributed by atoms with Crippen LogP contribution in [-0.2, 0) is 4.74 Å². The van der Waals surface area contributed by atoms with Crippen LogP contribution < -0.4 is 0 Å². The number of ether oxygens (including phenoxy) is 1. The van der Waals surface area contributed by atoms with E-state index >= 15 is 0 Å². The van der Waals surface area contributed by atoms with Crippen molar-refractivity contribution in [3.63, 3.8) is 0 Å². The fourth-order valence-corrected chi connectivity index (χ4v) is 4.64. The number of hydrogen-bond donors (Lipinski definition) is 1. The van der Waals surface area contributed by atoms with E-state index in [0.717, 1.165) is 38.2 Å². The summed E-state index contributed by atoms with van der Waals surface area (Å²) in [5.74, 6) is 1.35. The highest BCUT2D eigenvalue weighted by molar-refractivity contribution is 5.00. The molecule has 1 heterocycles. The van der Waals surface area contributed by atoms with Gasteiger partial charge in [0.2, 0.25) is 0 Å². The summed E-state index contributed by atoms with van der Waals surface area (Å²) in [5.41, 5.74) is -0.203. The molecule has 2 aliphatic carbocycles. The molecule has 0 aromatic heterocycles. The van der Waals surface area contributed by atoms with Crippen LogP contribution in [0, 0.1) is 11.8 Å². The van der Waals surface area contributed by atoms with Gasteiger partial charge < -0.3 is 9.84 Å². The van der Waals surface area contributed by atoms with Crippen LogP contribution in [0.1, 0.15) is 77.6 Å². The summed E-state index contributed by atoms with van der Waals surface area (Å²) in [6.45, 7) is 3.18. The van der Waals surface area contributed by atoms with E-state index in [1.165, 1.54) is 44.9 Å². The molecule has 1 spiro atoms. The molecule has 3 aliphatic rings. The molecule has 0 bridgehead atoms. The van der Waals surface area contributed by atoms with Crippen LogP contribution in [0.15, 0.2) is 0 Å². The minimum atomic E-state index is -0.379. The van der Waals surface area contributed by atoms with Gasteiger partial charge in [0, 0.05) is 6.61 Å². The minimum absolute atomic E-state index is 0.176. The van der Waals surface area contributed by atoms with Gasteiger partial charge in [0.05, 0.1) is 11.2 Å². The number of aliphatic hydroxyl groups is 1. The quantitative estimate of drug-likeness (QED) is 0.764. The lowest BCUT2D eigenvalue weighted by molar-refractivity contribution is -0.177. The van der Waals surface area contributed by atoms with E-state index in [-0.39, 0.29) is 11.2 Å². The van der Waals surface area contributed by atoms with Crippen LogP contribution in [0.4, 0.5) is 0 Å². The van der Waals surface area contributed by atoms with Gasteiger partial charge in [-0.1, -0.05) is 26.2 Å². The smallest absolute Gasteiger partial charge is 0.0686 e. The molecule has 110 valence electrons. The average Bonchev–Trinajstić information content (AvgIpc) is 2.60. The zero-order valence-corrected chi connectivity index (χ0v) is 12.5. The highest BCUT2D eigenvalue weighted by Crippen LogP contribution is 2.49. The lowest BCUT2D eigenvalue weighted by Gasteiger charge is -2.51. The van der Waals surface area contributed by atoms with E-state index in [1.807, 2.05) is 0 Å². The van der Waals surface area contributed by atoms with Gasteiger partial charge in [-0.05, 0) is 63.2 Å². The standard InChI is InChI=1S/C17H30O2/c1-2-14-5-3-10-17(18,11-6-14)15-7-12-19-16(13-15)8-4-9-16/h14-15,18H,2-13H2,1H3. The lowest BCUT2D eigenvalue weighted by atomic mass is 9.66. The van der Waals surface area contributed by atoms with Crippen molar-refractivity contribution in [2.45, 2.75) is 88.8 Å². The van der Waals surface area contributed by atoms with Gasteiger partial charge in [-0.3, -0.25) is 0 Å². The third-order valence-electron chi connectivity index (χ3n) is 6.30. The molecule has 1 saturated heterocycles. The Labute approximate surface area is 117 Å². The molecule has 1 N–H and O–H groups in total. The maximum atomic E-state index is 11.2. The maximum absolute atomic E-state index is 11.2. The van der Waals surface area contributed by atoms with E-state index in [4.69, 9.17) is 4.74 Å². The minimum Gasteiger partial charge on any atom is -0.390 e. The predicted octanol–water partition coefficient (Wildman–Crippen LogP) is 4.06. The summed E-state index contributed by atoms with van der Waals surface area (Å²) in [6, 6.07) is 0. The summed E-state index contributed by atoms with van der Waals surface area (Å²) in [5, 5.41) is 11.2. The Morgan fingerprint density at radius 1 is 1.05 bits per heavy atom. The Bertz CT molecular complexity index is 310. The monoisotopic (exact) mass is 266 g/mol. The predicted molar refractivity (Wildman–Crippen MR) is 77.1 cm³/mol. The molecule has 0 amide bonds. The largest absolute Gasteiger partial charge is 0.390 e.